The first-order chi connectivity index (χ1) is 8.27. The molecule has 1 aromatic heterocycles. The van der Waals surface area contributed by atoms with Crippen LogP contribution in [0.1, 0.15) is 15.9 Å². The quantitative estimate of drug-likeness (QED) is 0.928. The summed E-state index contributed by atoms with van der Waals surface area (Å²) in [6.45, 7) is 0.174. The maximum Gasteiger partial charge on any atom is 0.251 e. The Labute approximate surface area is 110 Å². The summed E-state index contributed by atoms with van der Waals surface area (Å²) >= 11 is 0. The van der Waals surface area contributed by atoms with Gasteiger partial charge in [-0.15, -0.1) is 12.4 Å². The van der Waals surface area contributed by atoms with Gasteiger partial charge in [-0.25, -0.2) is 4.39 Å². The molecule has 0 radical (unpaired) electrons. The van der Waals surface area contributed by atoms with Gasteiger partial charge >= 0.3 is 0 Å². The summed E-state index contributed by atoms with van der Waals surface area (Å²) in [5, 5.41) is 2.65. The largest absolute Gasteiger partial charge is 0.348 e. The number of aromatic nitrogens is 1. The first kappa shape index (κ1) is 14.1. The van der Waals surface area contributed by atoms with Crippen molar-refractivity contribution in [3.05, 3.63) is 65.7 Å². The van der Waals surface area contributed by atoms with E-state index in [0.29, 0.717) is 11.1 Å². The highest BCUT2D eigenvalue weighted by atomic mass is 35.5. The minimum Gasteiger partial charge on any atom is -0.348 e. The molecule has 0 saturated heterocycles. The lowest BCUT2D eigenvalue weighted by molar-refractivity contribution is 0.0950. The number of amides is 1. The van der Waals surface area contributed by atoms with E-state index in [2.05, 4.69) is 10.3 Å². The van der Waals surface area contributed by atoms with Crippen molar-refractivity contribution in [2.24, 2.45) is 0 Å². The predicted molar refractivity (Wildman–Crippen MR) is 69.1 cm³/mol. The third kappa shape index (κ3) is 3.53. The second-order valence-electron chi connectivity index (χ2n) is 3.51. The summed E-state index contributed by atoms with van der Waals surface area (Å²) in [6, 6.07) is 9.57. The minimum absolute atomic E-state index is 0. The zero-order valence-electron chi connectivity index (χ0n) is 9.47. The van der Waals surface area contributed by atoms with Gasteiger partial charge in [-0.2, -0.15) is 0 Å². The van der Waals surface area contributed by atoms with Gasteiger partial charge in [0.2, 0.25) is 0 Å². The maximum atomic E-state index is 13.3. The molecule has 2 aromatic rings. The van der Waals surface area contributed by atoms with Crippen molar-refractivity contribution in [1.82, 2.24) is 10.3 Å². The summed E-state index contributed by atoms with van der Waals surface area (Å²) in [5.41, 5.74) is 0.978. The first-order valence-electron chi connectivity index (χ1n) is 5.19. The molecule has 0 unspecified atom stereocenters. The number of benzene rings is 1. The smallest absolute Gasteiger partial charge is 0.251 e. The molecular weight excluding hydrogens is 255 g/mol. The zero-order chi connectivity index (χ0) is 12.1. The van der Waals surface area contributed by atoms with Gasteiger partial charge in [0.25, 0.3) is 5.91 Å². The van der Waals surface area contributed by atoms with Crippen LogP contribution >= 0.6 is 12.4 Å². The van der Waals surface area contributed by atoms with E-state index in [1.165, 1.54) is 18.5 Å². The molecule has 18 heavy (non-hydrogen) atoms. The number of carbonyl (C=O) groups is 1. The second-order valence-corrected chi connectivity index (χ2v) is 3.51. The number of hydrogen-bond donors (Lipinski definition) is 1. The molecule has 94 valence electrons. The Bertz CT molecular complexity index is 519. The average molecular weight is 267 g/mol. The van der Waals surface area contributed by atoms with E-state index in [0.717, 1.165) is 0 Å². The lowest BCUT2D eigenvalue weighted by Crippen LogP contribution is -2.23. The molecule has 0 aliphatic carbocycles. The van der Waals surface area contributed by atoms with Crippen molar-refractivity contribution in [1.29, 1.82) is 0 Å². The molecule has 0 fully saturated rings. The summed E-state index contributed by atoms with van der Waals surface area (Å²) in [5.74, 6) is -0.557. The van der Waals surface area contributed by atoms with E-state index in [-0.39, 0.29) is 30.7 Å². The summed E-state index contributed by atoms with van der Waals surface area (Å²) < 4.78 is 13.3. The van der Waals surface area contributed by atoms with Gasteiger partial charge in [0, 0.05) is 30.1 Å². The van der Waals surface area contributed by atoms with Gasteiger partial charge in [-0.3, -0.25) is 9.78 Å². The second kappa shape index (κ2) is 6.71. The van der Waals surface area contributed by atoms with E-state index in [9.17, 15) is 9.18 Å². The standard InChI is InChI=1S/C13H11FN2O.ClH/c14-12-4-2-1-3-11(12)9-16-13(17)10-5-7-15-8-6-10;/h1-8H,9H2,(H,16,17);1H. The third-order valence-electron chi connectivity index (χ3n) is 2.34. The highest BCUT2D eigenvalue weighted by molar-refractivity contribution is 5.93. The molecular formula is C13H12ClFN2O. The first-order valence-corrected chi connectivity index (χ1v) is 5.19. The molecule has 1 N–H and O–H groups in total. The minimum atomic E-state index is -0.317. The summed E-state index contributed by atoms with van der Waals surface area (Å²) in [7, 11) is 0. The lowest BCUT2D eigenvalue weighted by Gasteiger charge is -2.05. The molecule has 0 atom stereocenters. The Kier molecular flexibility index (Phi) is 5.27. The van der Waals surface area contributed by atoms with Crippen molar-refractivity contribution in [3.8, 4) is 0 Å². The topological polar surface area (TPSA) is 42.0 Å². The zero-order valence-corrected chi connectivity index (χ0v) is 10.3. The van der Waals surface area contributed by atoms with Gasteiger partial charge in [-0.1, -0.05) is 18.2 Å². The lowest BCUT2D eigenvalue weighted by atomic mass is 10.2. The fourth-order valence-electron chi connectivity index (χ4n) is 1.42. The number of nitrogens with one attached hydrogen (secondary N) is 1. The molecule has 1 amide bonds. The van der Waals surface area contributed by atoms with Crippen molar-refractivity contribution < 1.29 is 9.18 Å². The van der Waals surface area contributed by atoms with Crippen LogP contribution in [-0.4, -0.2) is 10.9 Å². The number of rotatable bonds is 3. The van der Waals surface area contributed by atoms with Crippen molar-refractivity contribution in [2.75, 3.05) is 0 Å². The fourth-order valence-corrected chi connectivity index (χ4v) is 1.42. The van der Waals surface area contributed by atoms with Gasteiger partial charge < -0.3 is 5.32 Å². The van der Waals surface area contributed by atoms with Crippen molar-refractivity contribution >= 4 is 18.3 Å². The number of pyridine rings is 1. The molecule has 5 heteroatoms. The molecule has 0 aliphatic rings. The van der Waals surface area contributed by atoms with E-state index >= 15 is 0 Å². The monoisotopic (exact) mass is 266 g/mol. The van der Waals surface area contributed by atoms with E-state index < -0.39 is 0 Å². The molecule has 0 spiro atoms. The number of halogens is 2. The Morgan fingerprint density at radius 1 is 1.17 bits per heavy atom. The predicted octanol–water partition coefficient (Wildman–Crippen LogP) is 2.57. The molecule has 0 aliphatic heterocycles. The van der Waals surface area contributed by atoms with E-state index in [4.69, 9.17) is 0 Å². The Hall–Kier alpha value is -1.94. The molecule has 3 nitrogen and oxygen atoms in total. The van der Waals surface area contributed by atoms with Crippen molar-refractivity contribution in [2.45, 2.75) is 6.54 Å². The van der Waals surface area contributed by atoms with Crippen LogP contribution in [0.15, 0.2) is 48.8 Å². The van der Waals surface area contributed by atoms with Crippen LogP contribution in [0.25, 0.3) is 0 Å². The molecule has 2 rings (SSSR count). The average Bonchev–Trinajstić information content (AvgIpc) is 2.38. The summed E-state index contributed by atoms with van der Waals surface area (Å²) in [4.78, 5) is 15.5. The Balaban J connectivity index is 0.00000162. The van der Waals surface area contributed by atoms with Crippen molar-refractivity contribution in [3.63, 3.8) is 0 Å². The van der Waals surface area contributed by atoms with Gasteiger partial charge in [0.15, 0.2) is 0 Å². The van der Waals surface area contributed by atoms with Gasteiger partial charge in [0.05, 0.1) is 0 Å². The molecule has 1 aromatic carbocycles. The number of hydrogen-bond acceptors (Lipinski definition) is 2. The Morgan fingerprint density at radius 3 is 2.50 bits per heavy atom. The summed E-state index contributed by atoms with van der Waals surface area (Å²) in [6.07, 6.45) is 3.08. The number of nitrogens with zero attached hydrogens (tertiary/aromatic N) is 1. The molecule has 1 heterocycles. The van der Waals surface area contributed by atoms with Crippen LogP contribution in [0.2, 0.25) is 0 Å². The number of carbonyl (C=O) groups excluding carboxylic acids is 1. The highest BCUT2D eigenvalue weighted by Crippen LogP contribution is 2.06. The van der Waals surface area contributed by atoms with E-state index in [1.54, 1.807) is 30.3 Å². The Morgan fingerprint density at radius 2 is 1.83 bits per heavy atom. The van der Waals surface area contributed by atoms with Crippen LogP contribution in [-0.2, 0) is 6.54 Å². The fraction of sp³-hybridized carbons (Fsp3) is 0.0769. The molecule has 0 bridgehead atoms. The van der Waals surface area contributed by atoms with Crippen LogP contribution in [0.5, 0.6) is 0 Å². The third-order valence-corrected chi connectivity index (χ3v) is 2.34. The SMILES string of the molecule is Cl.O=C(NCc1ccccc1F)c1ccncc1. The van der Waals surface area contributed by atoms with E-state index in [1.807, 2.05) is 0 Å². The van der Waals surface area contributed by atoms with Gasteiger partial charge in [0.1, 0.15) is 5.82 Å². The highest BCUT2D eigenvalue weighted by Gasteiger charge is 2.06. The maximum absolute atomic E-state index is 13.3. The van der Waals surface area contributed by atoms with Crippen LogP contribution in [0.3, 0.4) is 0 Å². The van der Waals surface area contributed by atoms with Crippen LogP contribution < -0.4 is 5.32 Å². The van der Waals surface area contributed by atoms with Crippen LogP contribution in [0, 0.1) is 5.82 Å². The van der Waals surface area contributed by atoms with Crippen LogP contribution in [0.4, 0.5) is 4.39 Å². The molecule has 0 saturated carbocycles. The van der Waals surface area contributed by atoms with Gasteiger partial charge in [-0.05, 0) is 18.2 Å². The normalized spacial score (nSPS) is 9.39.